The SMILES string of the molecule is Cc1ccc(-c2n[nH]c(=S)n2/N=C/c2cccc(F)c2)cc1. The van der Waals surface area contributed by atoms with Crippen LogP contribution in [0.15, 0.2) is 53.6 Å². The summed E-state index contributed by atoms with van der Waals surface area (Å²) >= 11 is 5.20. The molecule has 1 heterocycles. The number of nitrogens with zero attached hydrogens (tertiary/aromatic N) is 3. The summed E-state index contributed by atoms with van der Waals surface area (Å²) in [5.74, 6) is 0.302. The third-order valence-electron chi connectivity index (χ3n) is 3.13. The molecule has 3 rings (SSSR count). The molecule has 0 amide bonds. The minimum Gasteiger partial charge on any atom is -0.250 e. The van der Waals surface area contributed by atoms with Crippen molar-refractivity contribution >= 4 is 18.4 Å². The van der Waals surface area contributed by atoms with E-state index >= 15 is 0 Å². The molecule has 6 heteroatoms. The molecule has 0 fully saturated rings. The topological polar surface area (TPSA) is 46.0 Å². The molecule has 22 heavy (non-hydrogen) atoms. The van der Waals surface area contributed by atoms with Gasteiger partial charge in [0.25, 0.3) is 0 Å². The number of hydrogen-bond acceptors (Lipinski definition) is 3. The lowest BCUT2D eigenvalue weighted by Crippen LogP contribution is -1.95. The highest BCUT2D eigenvalue weighted by molar-refractivity contribution is 7.71. The summed E-state index contributed by atoms with van der Waals surface area (Å²) in [4.78, 5) is 0. The van der Waals surface area contributed by atoms with Crippen molar-refractivity contribution in [2.24, 2.45) is 5.10 Å². The van der Waals surface area contributed by atoms with Crippen molar-refractivity contribution in [2.45, 2.75) is 6.92 Å². The normalized spacial score (nSPS) is 11.2. The highest BCUT2D eigenvalue weighted by Crippen LogP contribution is 2.17. The van der Waals surface area contributed by atoms with Crippen LogP contribution in [-0.4, -0.2) is 21.1 Å². The van der Waals surface area contributed by atoms with Gasteiger partial charge in [0.2, 0.25) is 4.77 Å². The average molecular weight is 312 g/mol. The van der Waals surface area contributed by atoms with Gasteiger partial charge in [0.05, 0.1) is 6.21 Å². The highest BCUT2D eigenvalue weighted by Gasteiger charge is 2.07. The Labute approximate surface area is 131 Å². The Kier molecular flexibility index (Phi) is 3.93. The minimum absolute atomic E-state index is 0.307. The molecule has 0 aliphatic rings. The van der Waals surface area contributed by atoms with Gasteiger partial charge in [-0.05, 0) is 36.8 Å². The van der Waals surface area contributed by atoms with Crippen molar-refractivity contribution in [1.82, 2.24) is 14.9 Å². The first-order chi connectivity index (χ1) is 10.6. The fourth-order valence-corrected chi connectivity index (χ4v) is 2.18. The number of H-pyrrole nitrogens is 1. The number of aromatic nitrogens is 3. The Bertz CT molecular complexity index is 878. The lowest BCUT2D eigenvalue weighted by molar-refractivity contribution is 0.627. The summed E-state index contributed by atoms with van der Waals surface area (Å²) in [5.41, 5.74) is 2.71. The van der Waals surface area contributed by atoms with Crippen LogP contribution in [-0.2, 0) is 0 Å². The van der Waals surface area contributed by atoms with Gasteiger partial charge < -0.3 is 0 Å². The molecule has 0 bridgehead atoms. The molecule has 3 aromatic rings. The van der Waals surface area contributed by atoms with E-state index in [0.717, 1.165) is 11.1 Å². The van der Waals surface area contributed by atoms with E-state index in [9.17, 15) is 4.39 Å². The van der Waals surface area contributed by atoms with Gasteiger partial charge >= 0.3 is 0 Å². The number of rotatable bonds is 3. The molecule has 0 radical (unpaired) electrons. The maximum atomic E-state index is 13.2. The van der Waals surface area contributed by atoms with Crippen LogP contribution < -0.4 is 0 Å². The molecule has 0 atom stereocenters. The molecule has 0 saturated heterocycles. The Morgan fingerprint density at radius 2 is 2.00 bits per heavy atom. The molecule has 0 unspecified atom stereocenters. The average Bonchev–Trinajstić information content (AvgIpc) is 2.87. The van der Waals surface area contributed by atoms with Crippen LogP contribution in [0.5, 0.6) is 0 Å². The maximum absolute atomic E-state index is 13.2. The Hall–Kier alpha value is -2.60. The molecule has 1 N–H and O–H groups in total. The second-order valence-corrected chi connectivity index (χ2v) is 5.22. The van der Waals surface area contributed by atoms with E-state index in [-0.39, 0.29) is 5.82 Å². The summed E-state index contributed by atoms with van der Waals surface area (Å²) in [7, 11) is 0. The van der Waals surface area contributed by atoms with Gasteiger partial charge in [0.1, 0.15) is 5.82 Å². The molecule has 4 nitrogen and oxygen atoms in total. The van der Waals surface area contributed by atoms with E-state index < -0.39 is 0 Å². The minimum atomic E-state index is -0.307. The highest BCUT2D eigenvalue weighted by atomic mass is 32.1. The van der Waals surface area contributed by atoms with Crippen LogP contribution in [0, 0.1) is 17.5 Å². The Balaban J connectivity index is 1.99. The van der Waals surface area contributed by atoms with Crippen molar-refractivity contribution in [3.05, 3.63) is 70.2 Å². The molecule has 1 aromatic heterocycles. The monoisotopic (exact) mass is 312 g/mol. The predicted octanol–water partition coefficient (Wildman–Crippen LogP) is 3.94. The van der Waals surface area contributed by atoms with Gasteiger partial charge in [0, 0.05) is 5.56 Å². The van der Waals surface area contributed by atoms with Crippen LogP contribution >= 0.6 is 12.2 Å². The van der Waals surface area contributed by atoms with Crippen LogP contribution in [0.2, 0.25) is 0 Å². The lowest BCUT2D eigenvalue weighted by atomic mass is 10.1. The Morgan fingerprint density at radius 3 is 2.73 bits per heavy atom. The van der Waals surface area contributed by atoms with E-state index in [2.05, 4.69) is 15.3 Å². The van der Waals surface area contributed by atoms with Gasteiger partial charge in [-0.3, -0.25) is 0 Å². The third kappa shape index (κ3) is 3.01. The summed E-state index contributed by atoms with van der Waals surface area (Å²) < 4.78 is 15.1. The number of benzene rings is 2. The van der Waals surface area contributed by atoms with E-state index in [1.54, 1.807) is 18.3 Å². The van der Waals surface area contributed by atoms with Gasteiger partial charge in [-0.15, -0.1) is 0 Å². The first-order valence-electron chi connectivity index (χ1n) is 6.68. The van der Waals surface area contributed by atoms with Crippen molar-refractivity contribution in [1.29, 1.82) is 0 Å². The predicted molar refractivity (Wildman–Crippen MR) is 87.0 cm³/mol. The quantitative estimate of drug-likeness (QED) is 0.588. The maximum Gasteiger partial charge on any atom is 0.216 e. The van der Waals surface area contributed by atoms with Crippen molar-refractivity contribution in [2.75, 3.05) is 0 Å². The van der Waals surface area contributed by atoms with Crippen molar-refractivity contribution in [3.8, 4) is 11.4 Å². The lowest BCUT2D eigenvalue weighted by Gasteiger charge is -2.01. The number of aryl methyl sites for hydroxylation is 1. The largest absolute Gasteiger partial charge is 0.250 e. The zero-order chi connectivity index (χ0) is 15.5. The fraction of sp³-hybridized carbons (Fsp3) is 0.0625. The molecular weight excluding hydrogens is 299 g/mol. The van der Waals surface area contributed by atoms with E-state index in [1.807, 2.05) is 31.2 Å². The van der Waals surface area contributed by atoms with Gasteiger partial charge in [0.15, 0.2) is 5.82 Å². The number of aromatic amines is 1. The summed E-state index contributed by atoms with van der Waals surface area (Å²) in [6, 6.07) is 14.1. The smallest absolute Gasteiger partial charge is 0.216 e. The zero-order valence-corrected chi connectivity index (χ0v) is 12.6. The number of hydrogen-bond donors (Lipinski definition) is 1. The fourth-order valence-electron chi connectivity index (χ4n) is 2.00. The standard InChI is InChI=1S/C16H13FN4S/c1-11-5-7-13(8-6-11)15-19-20-16(22)21(15)18-10-12-3-2-4-14(17)9-12/h2-10H,1H3,(H,20,22)/b18-10+. The third-order valence-corrected chi connectivity index (χ3v) is 3.40. The van der Waals surface area contributed by atoms with Gasteiger partial charge in [-0.25, -0.2) is 9.49 Å². The van der Waals surface area contributed by atoms with Crippen molar-refractivity contribution < 1.29 is 4.39 Å². The summed E-state index contributed by atoms with van der Waals surface area (Å²) in [5, 5.41) is 11.2. The second kappa shape index (κ2) is 6.03. The zero-order valence-electron chi connectivity index (χ0n) is 11.8. The number of nitrogens with one attached hydrogen (secondary N) is 1. The molecular formula is C16H13FN4S. The Morgan fingerprint density at radius 1 is 1.23 bits per heavy atom. The van der Waals surface area contributed by atoms with Crippen LogP contribution in [0.25, 0.3) is 11.4 Å². The summed E-state index contributed by atoms with van der Waals surface area (Å²) in [6.07, 6.45) is 1.55. The second-order valence-electron chi connectivity index (χ2n) is 4.83. The summed E-state index contributed by atoms with van der Waals surface area (Å²) in [6.45, 7) is 2.02. The van der Waals surface area contributed by atoms with Crippen molar-refractivity contribution in [3.63, 3.8) is 0 Å². The number of halogens is 1. The molecule has 110 valence electrons. The van der Waals surface area contributed by atoms with Gasteiger partial charge in [-0.1, -0.05) is 42.0 Å². The van der Waals surface area contributed by atoms with Crippen LogP contribution in [0.1, 0.15) is 11.1 Å². The van der Waals surface area contributed by atoms with E-state index in [1.165, 1.54) is 16.8 Å². The van der Waals surface area contributed by atoms with Crippen LogP contribution in [0.3, 0.4) is 0 Å². The first kappa shape index (κ1) is 14.3. The van der Waals surface area contributed by atoms with Gasteiger partial charge in [-0.2, -0.15) is 14.9 Å². The molecule has 2 aromatic carbocycles. The first-order valence-corrected chi connectivity index (χ1v) is 7.09. The van der Waals surface area contributed by atoms with Crippen LogP contribution in [0.4, 0.5) is 4.39 Å². The molecule has 0 spiro atoms. The van der Waals surface area contributed by atoms with E-state index in [0.29, 0.717) is 16.2 Å². The van der Waals surface area contributed by atoms with E-state index in [4.69, 9.17) is 12.2 Å². The molecule has 0 aliphatic carbocycles. The molecule has 0 aliphatic heterocycles. The molecule has 0 saturated carbocycles.